The predicted molar refractivity (Wildman–Crippen MR) is 117 cm³/mol. The van der Waals surface area contributed by atoms with E-state index in [2.05, 4.69) is 9.97 Å². The molecular formula is C20H26N4O5S2. The first-order valence-electron chi connectivity index (χ1n) is 10.1. The molecule has 0 saturated carbocycles. The zero-order chi connectivity index (χ0) is 22.2. The summed E-state index contributed by atoms with van der Waals surface area (Å²) in [6, 6.07) is 6.09. The van der Waals surface area contributed by atoms with Gasteiger partial charge < -0.3 is 9.64 Å². The number of nitrogens with zero attached hydrogens (tertiary/aromatic N) is 4. The Morgan fingerprint density at radius 2 is 1.74 bits per heavy atom. The minimum Gasteiger partial charge on any atom is -0.495 e. The van der Waals surface area contributed by atoms with Crippen molar-refractivity contribution in [1.82, 2.24) is 14.9 Å². The molecule has 1 aromatic carbocycles. The number of benzene rings is 1. The average molecular weight is 467 g/mol. The van der Waals surface area contributed by atoms with Crippen molar-refractivity contribution in [2.24, 2.45) is 0 Å². The Kier molecular flexibility index (Phi) is 5.93. The molecule has 31 heavy (non-hydrogen) atoms. The van der Waals surface area contributed by atoms with Gasteiger partial charge >= 0.3 is 0 Å². The molecule has 0 amide bonds. The van der Waals surface area contributed by atoms with E-state index in [-0.39, 0.29) is 22.2 Å². The molecule has 2 atom stereocenters. The van der Waals surface area contributed by atoms with Gasteiger partial charge in [-0.1, -0.05) is 6.07 Å². The highest BCUT2D eigenvalue weighted by atomic mass is 32.2. The van der Waals surface area contributed by atoms with Crippen LogP contribution in [0.25, 0.3) is 0 Å². The topological polar surface area (TPSA) is 110 Å². The molecule has 2 aliphatic heterocycles. The van der Waals surface area contributed by atoms with Crippen LogP contribution in [0, 0.1) is 6.92 Å². The normalized spacial score (nSPS) is 24.3. The molecular weight excluding hydrogens is 440 g/mol. The Bertz CT molecular complexity index is 1150. The lowest BCUT2D eigenvalue weighted by atomic mass is 10.2. The van der Waals surface area contributed by atoms with Crippen LogP contribution in [0.4, 0.5) is 5.95 Å². The molecule has 0 spiro atoms. The molecule has 2 fully saturated rings. The summed E-state index contributed by atoms with van der Waals surface area (Å²) in [5, 5.41) is -1.03. The molecule has 0 aliphatic carbocycles. The van der Waals surface area contributed by atoms with Crippen molar-refractivity contribution in [3.05, 3.63) is 42.2 Å². The van der Waals surface area contributed by atoms with Crippen molar-refractivity contribution in [2.75, 3.05) is 49.7 Å². The summed E-state index contributed by atoms with van der Waals surface area (Å²) in [4.78, 5) is 12.6. The summed E-state index contributed by atoms with van der Waals surface area (Å²) >= 11 is 0. The standard InChI is InChI=1S/C20H26N4O5S2/c1-15-4-5-17(29-2)18(12-15)31(27,28)19-14-30(25,26)13-16(19)23-8-10-24(11-9-23)20-21-6-3-7-22-20/h3-7,12,16,19H,8-11,13-14H2,1-2H3. The van der Waals surface area contributed by atoms with E-state index < -0.39 is 31.0 Å². The molecule has 2 saturated heterocycles. The molecule has 1 aromatic heterocycles. The molecule has 0 radical (unpaired) electrons. The van der Waals surface area contributed by atoms with Crippen LogP contribution in [0.15, 0.2) is 41.6 Å². The number of anilines is 1. The number of rotatable bonds is 5. The number of aromatic nitrogens is 2. The number of hydrogen-bond acceptors (Lipinski definition) is 9. The van der Waals surface area contributed by atoms with Crippen molar-refractivity contribution < 1.29 is 21.6 Å². The Labute approximate surface area is 182 Å². The Balaban J connectivity index is 1.60. The fourth-order valence-electron chi connectivity index (χ4n) is 4.31. The first kappa shape index (κ1) is 22.0. The second kappa shape index (κ2) is 8.36. The molecule has 11 heteroatoms. The highest BCUT2D eigenvalue weighted by Gasteiger charge is 2.49. The second-order valence-electron chi connectivity index (χ2n) is 7.95. The quantitative estimate of drug-likeness (QED) is 0.624. The van der Waals surface area contributed by atoms with Crippen molar-refractivity contribution in [3.63, 3.8) is 0 Å². The summed E-state index contributed by atoms with van der Waals surface area (Å²) in [6.07, 6.45) is 3.35. The highest BCUT2D eigenvalue weighted by Crippen LogP contribution is 2.34. The third-order valence-electron chi connectivity index (χ3n) is 5.91. The van der Waals surface area contributed by atoms with E-state index in [9.17, 15) is 16.8 Å². The first-order chi connectivity index (χ1) is 14.7. The lowest BCUT2D eigenvalue weighted by Crippen LogP contribution is -2.55. The van der Waals surface area contributed by atoms with Gasteiger partial charge in [0.15, 0.2) is 19.7 Å². The smallest absolute Gasteiger partial charge is 0.225 e. The van der Waals surface area contributed by atoms with E-state index in [1.165, 1.54) is 7.11 Å². The lowest BCUT2D eigenvalue weighted by molar-refractivity contribution is 0.201. The maximum Gasteiger partial charge on any atom is 0.225 e. The molecule has 4 rings (SSSR count). The molecule has 2 aliphatic rings. The van der Waals surface area contributed by atoms with Gasteiger partial charge in [0.25, 0.3) is 0 Å². The molecule has 2 aromatic rings. The van der Waals surface area contributed by atoms with Gasteiger partial charge in [-0.05, 0) is 30.7 Å². The minimum absolute atomic E-state index is 0.0541. The van der Waals surface area contributed by atoms with Crippen LogP contribution in [0.1, 0.15) is 5.56 Å². The third-order valence-corrected chi connectivity index (χ3v) is 10.1. The van der Waals surface area contributed by atoms with E-state index in [4.69, 9.17) is 4.74 Å². The molecule has 2 unspecified atom stereocenters. The fraction of sp³-hybridized carbons (Fsp3) is 0.500. The van der Waals surface area contributed by atoms with Crippen LogP contribution in [0.5, 0.6) is 5.75 Å². The van der Waals surface area contributed by atoms with Gasteiger partial charge in [-0.15, -0.1) is 0 Å². The number of ether oxygens (including phenoxy) is 1. The third kappa shape index (κ3) is 4.39. The molecule has 0 bridgehead atoms. The van der Waals surface area contributed by atoms with Gasteiger partial charge in [0.2, 0.25) is 5.95 Å². The van der Waals surface area contributed by atoms with Crippen molar-refractivity contribution in [1.29, 1.82) is 0 Å². The number of methoxy groups -OCH3 is 1. The van der Waals surface area contributed by atoms with Crippen molar-refractivity contribution in [2.45, 2.75) is 23.1 Å². The van der Waals surface area contributed by atoms with E-state index >= 15 is 0 Å². The molecule has 9 nitrogen and oxygen atoms in total. The minimum atomic E-state index is -3.92. The number of hydrogen-bond donors (Lipinski definition) is 0. The van der Waals surface area contributed by atoms with Gasteiger partial charge in [0.1, 0.15) is 10.6 Å². The summed E-state index contributed by atoms with van der Waals surface area (Å²) in [7, 11) is -5.99. The fourth-order valence-corrected chi connectivity index (χ4v) is 9.38. The Hall–Kier alpha value is -2.24. The van der Waals surface area contributed by atoms with Gasteiger partial charge in [-0.2, -0.15) is 0 Å². The first-order valence-corrected chi connectivity index (χ1v) is 13.4. The SMILES string of the molecule is COc1ccc(C)cc1S(=O)(=O)C1CS(=O)(=O)CC1N1CCN(c2ncccn2)CC1. The second-order valence-corrected chi connectivity index (χ2v) is 12.2. The predicted octanol–water partition coefficient (Wildman–Crippen LogP) is 0.555. The monoisotopic (exact) mass is 466 g/mol. The van der Waals surface area contributed by atoms with Crippen LogP contribution >= 0.6 is 0 Å². The van der Waals surface area contributed by atoms with Crippen LogP contribution in [0.2, 0.25) is 0 Å². The van der Waals surface area contributed by atoms with Crippen LogP contribution in [0.3, 0.4) is 0 Å². The zero-order valence-electron chi connectivity index (χ0n) is 17.5. The van der Waals surface area contributed by atoms with Crippen molar-refractivity contribution >= 4 is 25.6 Å². The maximum atomic E-state index is 13.6. The zero-order valence-corrected chi connectivity index (χ0v) is 19.1. The molecule has 0 N–H and O–H groups in total. The van der Waals surface area contributed by atoms with Crippen LogP contribution < -0.4 is 9.64 Å². The van der Waals surface area contributed by atoms with E-state index in [0.717, 1.165) is 5.56 Å². The van der Waals surface area contributed by atoms with E-state index in [1.54, 1.807) is 43.6 Å². The Morgan fingerprint density at radius 3 is 2.39 bits per heavy atom. The van der Waals surface area contributed by atoms with Gasteiger partial charge in [-0.25, -0.2) is 26.8 Å². The van der Waals surface area contributed by atoms with Crippen LogP contribution in [-0.2, 0) is 19.7 Å². The molecule has 3 heterocycles. The highest BCUT2D eigenvalue weighted by molar-refractivity contribution is 7.96. The summed E-state index contributed by atoms with van der Waals surface area (Å²) in [5.74, 6) is 0.320. The summed E-state index contributed by atoms with van der Waals surface area (Å²) in [5.41, 5.74) is 0.772. The van der Waals surface area contributed by atoms with Gasteiger partial charge in [0, 0.05) is 44.6 Å². The van der Waals surface area contributed by atoms with Gasteiger partial charge in [0.05, 0.1) is 23.9 Å². The number of sulfone groups is 2. The van der Waals surface area contributed by atoms with Crippen molar-refractivity contribution in [3.8, 4) is 5.75 Å². The maximum absolute atomic E-state index is 13.6. The van der Waals surface area contributed by atoms with Gasteiger partial charge in [-0.3, -0.25) is 4.90 Å². The lowest BCUT2D eigenvalue weighted by Gasteiger charge is -2.39. The van der Waals surface area contributed by atoms with E-state index in [1.807, 2.05) is 9.80 Å². The summed E-state index contributed by atoms with van der Waals surface area (Å²) in [6.45, 7) is 4.07. The Morgan fingerprint density at radius 1 is 1.06 bits per heavy atom. The van der Waals surface area contributed by atoms with E-state index in [0.29, 0.717) is 32.1 Å². The van der Waals surface area contributed by atoms with Crippen LogP contribution in [-0.4, -0.2) is 87.8 Å². The number of aryl methyl sites for hydroxylation is 1. The largest absolute Gasteiger partial charge is 0.495 e. The number of piperazine rings is 1. The summed E-state index contributed by atoms with van der Waals surface area (Å²) < 4.78 is 57.5. The molecule has 168 valence electrons. The average Bonchev–Trinajstić information content (AvgIpc) is 3.11.